The van der Waals surface area contributed by atoms with Crippen molar-refractivity contribution in [2.45, 2.75) is 11.8 Å². The fraction of sp³-hybridized carbons (Fsp3) is 0.417. The van der Waals surface area contributed by atoms with Crippen molar-refractivity contribution in [2.75, 3.05) is 19.3 Å². The van der Waals surface area contributed by atoms with Gasteiger partial charge >= 0.3 is 0 Å². The fourth-order valence-corrected chi connectivity index (χ4v) is 2.16. The second kappa shape index (κ2) is 6.64. The number of nitrogens with one attached hydrogen (secondary N) is 1. The normalized spacial score (nSPS) is 12.7. The third-order valence-electron chi connectivity index (χ3n) is 2.81. The van der Waals surface area contributed by atoms with Crippen molar-refractivity contribution in [3.8, 4) is 0 Å². The van der Waals surface area contributed by atoms with Crippen LogP contribution in [0.4, 0.5) is 5.69 Å². The maximum absolute atomic E-state index is 11.9. The van der Waals surface area contributed by atoms with E-state index >= 15 is 0 Å². The van der Waals surface area contributed by atoms with E-state index < -0.39 is 26.4 Å². The van der Waals surface area contributed by atoms with Gasteiger partial charge in [-0.1, -0.05) is 6.92 Å². The number of nitro benzene ring substituents is 1. The molecule has 8 nitrogen and oxygen atoms in total. The van der Waals surface area contributed by atoms with Gasteiger partial charge in [-0.3, -0.25) is 14.9 Å². The predicted molar refractivity (Wildman–Crippen MR) is 76.8 cm³/mol. The lowest BCUT2D eigenvalue weighted by Crippen LogP contribution is -2.31. The molecule has 0 bridgehead atoms. The second-order valence-electron chi connectivity index (χ2n) is 4.80. The highest BCUT2D eigenvalue weighted by molar-refractivity contribution is 7.90. The van der Waals surface area contributed by atoms with Crippen LogP contribution in [-0.2, 0) is 9.84 Å². The number of hydrogen-bond donors (Lipinski definition) is 2. The van der Waals surface area contributed by atoms with E-state index in [-0.39, 0.29) is 16.4 Å². The Morgan fingerprint density at radius 3 is 2.52 bits per heavy atom. The molecule has 0 aliphatic rings. The van der Waals surface area contributed by atoms with Crippen LogP contribution in [0, 0.1) is 16.0 Å². The molecule has 0 fully saturated rings. The lowest BCUT2D eigenvalue weighted by Gasteiger charge is -2.10. The smallest absolute Gasteiger partial charge is 0.271 e. The van der Waals surface area contributed by atoms with Crippen LogP contribution in [0.25, 0.3) is 0 Å². The molecule has 1 rings (SSSR count). The van der Waals surface area contributed by atoms with E-state index in [1.807, 2.05) is 6.92 Å². The molecule has 0 aliphatic carbocycles. The highest BCUT2D eigenvalue weighted by atomic mass is 32.2. The van der Waals surface area contributed by atoms with Gasteiger partial charge in [-0.25, -0.2) is 8.42 Å². The van der Waals surface area contributed by atoms with E-state index in [0.717, 1.165) is 24.5 Å². The minimum absolute atomic E-state index is 0.0435. The highest BCUT2D eigenvalue weighted by Gasteiger charge is 2.19. The lowest BCUT2D eigenvalue weighted by molar-refractivity contribution is -0.385. The summed E-state index contributed by atoms with van der Waals surface area (Å²) in [6.07, 6.45) is 0.921. The summed E-state index contributed by atoms with van der Waals surface area (Å²) in [4.78, 5) is 21.8. The molecule has 0 aromatic heterocycles. The van der Waals surface area contributed by atoms with Crippen LogP contribution in [0.15, 0.2) is 23.1 Å². The fourth-order valence-electron chi connectivity index (χ4n) is 1.49. The number of hydrogen-bond acceptors (Lipinski definition) is 6. The number of non-ortho nitro benzene ring substituents is 1. The molecule has 21 heavy (non-hydrogen) atoms. The first-order valence-corrected chi connectivity index (χ1v) is 8.02. The maximum atomic E-state index is 11.9. The number of carbonyl (C=O) groups excluding carboxylic acids is 1. The molecule has 0 spiro atoms. The van der Waals surface area contributed by atoms with Gasteiger partial charge in [0, 0.05) is 30.5 Å². The van der Waals surface area contributed by atoms with Crippen LogP contribution in [0.3, 0.4) is 0 Å². The third-order valence-corrected chi connectivity index (χ3v) is 3.90. The van der Waals surface area contributed by atoms with Gasteiger partial charge in [0.1, 0.15) is 0 Å². The van der Waals surface area contributed by atoms with Gasteiger partial charge in [0.05, 0.1) is 9.82 Å². The van der Waals surface area contributed by atoms with Crippen LogP contribution in [0.2, 0.25) is 0 Å². The predicted octanol–water partition coefficient (Wildman–Crippen LogP) is 0.323. The Morgan fingerprint density at radius 2 is 2.05 bits per heavy atom. The molecule has 0 heterocycles. The standard InChI is InChI=1S/C12H17N3O5S/c1-8(6-13)7-14-12(16)9-3-10(15(17)18)5-11(4-9)21(2,19)20/h3-5,8H,6-7,13H2,1-2H3,(H,14,16). The van der Waals surface area contributed by atoms with Gasteiger partial charge < -0.3 is 11.1 Å². The molecule has 1 unspecified atom stereocenters. The number of carbonyl (C=O) groups is 1. The van der Waals surface area contributed by atoms with Gasteiger partial charge in [-0.05, 0) is 18.5 Å². The molecule has 0 saturated heterocycles. The van der Waals surface area contributed by atoms with Crippen molar-refractivity contribution in [3.05, 3.63) is 33.9 Å². The monoisotopic (exact) mass is 315 g/mol. The molecule has 1 aromatic carbocycles. The molecule has 0 radical (unpaired) electrons. The van der Waals surface area contributed by atoms with Crippen molar-refractivity contribution >= 4 is 21.4 Å². The quantitative estimate of drug-likeness (QED) is 0.574. The Kier molecular flexibility index (Phi) is 5.39. The van der Waals surface area contributed by atoms with Crippen molar-refractivity contribution < 1.29 is 18.1 Å². The average Bonchev–Trinajstić information content (AvgIpc) is 2.42. The molecular formula is C12H17N3O5S. The van der Waals surface area contributed by atoms with E-state index in [0.29, 0.717) is 13.1 Å². The van der Waals surface area contributed by atoms with E-state index in [1.54, 1.807) is 0 Å². The zero-order valence-electron chi connectivity index (χ0n) is 11.7. The van der Waals surface area contributed by atoms with Crippen LogP contribution in [0.5, 0.6) is 0 Å². The molecule has 1 aromatic rings. The molecule has 0 saturated carbocycles. The average molecular weight is 315 g/mol. The summed E-state index contributed by atoms with van der Waals surface area (Å²) < 4.78 is 23.0. The minimum Gasteiger partial charge on any atom is -0.352 e. The van der Waals surface area contributed by atoms with E-state index in [2.05, 4.69) is 5.32 Å². The third kappa shape index (κ3) is 4.80. The number of sulfone groups is 1. The Morgan fingerprint density at radius 1 is 1.43 bits per heavy atom. The second-order valence-corrected chi connectivity index (χ2v) is 6.81. The maximum Gasteiger partial charge on any atom is 0.271 e. The summed E-state index contributed by atoms with van der Waals surface area (Å²) in [6, 6.07) is 3.08. The Hall–Kier alpha value is -2.00. The van der Waals surface area contributed by atoms with Gasteiger partial charge in [0.15, 0.2) is 9.84 Å². The number of benzene rings is 1. The van der Waals surface area contributed by atoms with Crippen molar-refractivity contribution in [1.82, 2.24) is 5.32 Å². The van der Waals surface area contributed by atoms with Crippen LogP contribution in [-0.4, -0.2) is 38.6 Å². The Labute approximate surface area is 122 Å². The number of rotatable bonds is 6. The molecule has 1 amide bonds. The summed E-state index contributed by atoms with van der Waals surface area (Å²) in [5.41, 5.74) is 4.90. The van der Waals surface area contributed by atoms with Crippen LogP contribution in [0.1, 0.15) is 17.3 Å². The zero-order chi connectivity index (χ0) is 16.2. The van der Waals surface area contributed by atoms with Gasteiger partial charge in [0.2, 0.25) is 0 Å². The first kappa shape index (κ1) is 17.1. The number of nitrogens with two attached hydrogens (primary N) is 1. The van der Waals surface area contributed by atoms with Gasteiger partial charge in [-0.15, -0.1) is 0 Å². The van der Waals surface area contributed by atoms with E-state index in [1.165, 1.54) is 0 Å². The van der Waals surface area contributed by atoms with Crippen molar-refractivity contribution in [2.24, 2.45) is 11.7 Å². The summed E-state index contributed by atoms with van der Waals surface area (Å²) in [6.45, 7) is 2.51. The molecule has 3 N–H and O–H groups in total. The lowest BCUT2D eigenvalue weighted by atomic mass is 10.1. The number of nitro groups is 1. The Balaban J connectivity index is 3.14. The topological polar surface area (TPSA) is 132 Å². The SMILES string of the molecule is CC(CN)CNC(=O)c1cc([N+](=O)[O-])cc(S(C)(=O)=O)c1. The molecule has 9 heteroatoms. The van der Waals surface area contributed by atoms with Crippen LogP contribution < -0.4 is 11.1 Å². The van der Waals surface area contributed by atoms with E-state index in [9.17, 15) is 23.3 Å². The zero-order valence-corrected chi connectivity index (χ0v) is 12.5. The highest BCUT2D eigenvalue weighted by Crippen LogP contribution is 2.20. The van der Waals surface area contributed by atoms with Crippen molar-refractivity contribution in [3.63, 3.8) is 0 Å². The molecule has 1 atom stereocenters. The molecular weight excluding hydrogens is 298 g/mol. The van der Waals surface area contributed by atoms with Gasteiger partial charge in [-0.2, -0.15) is 0 Å². The summed E-state index contributed by atoms with van der Waals surface area (Å²) in [5, 5.41) is 13.4. The van der Waals surface area contributed by atoms with E-state index in [4.69, 9.17) is 5.73 Å². The summed E-state index contributed by atoms with van der Waals surface area (Å²) in [7, 11) is -3.66. The van der Waals surface area contributed by atoms with Crippen LogP contribution >= 0.6 is 0 Å². The first-order valence-electron chi connectivity index (χ1n) is 6.13. The summed E-state index contributed by atoms with van der Waals surface area (Å²) >= 11 is 0. The first-order chi connectivity index (χ1) is 9.65. The molecule has 0 aliphatic heterocycles. The van der Waals surface area contributed by atoms with Gasteiger partial charge in [0.25, 0.3) is 11.6 Å². The molecule has 116 valence electrons. The largest absolute Gasteiger partial charge is 0.352 e. The minimum atomic E-state index is -3.66. The van der Waals surface area contributed by atoms with Crippen molar-refractivity contribution in [1.29, 1.82) is 0 Å². The Bertz CT molecular complexity index is 657. The number of nitrogens with zero attached hydrogens (tertiary/aromatic N) is 1. The number of amides is 1. The summed E-state index contributed by atoms with van der Waals surface area (Å²) in [5.74, 6) is -0.536.